The molecule has 3 heterocycles. The van der Waals surface area contributed by atoms with E-state index in [1.54, 1.807) is 6.07 Å². The SMILES string of the molecule is CN1CCC2(CC1)Oc1ccc(Br)cc1[C@@H]1CC(c3ccccc3O)=NN12. The normalized spacial score (nSPS) is 23.6. The first-order valence-electron chi connectivity index (χ1n) is 9.38. The second-order valence-corrected chi connectivity index (χ2v) is 8.58. The quantitative estimate of drug-likeness (QED) is 0.743. The lowest BCUT2D eigenvalue weighted by Gasteiger charge is -2.50. The Kier molecular flexibility index (Phi) is 3.95. The number of hydrogen-bond acceptors (Lipinski definition) is 5. The third kappa shape index (κ3) is 2.74. The molecule has 0 saturated carbocycles. The maximum absolute atomic E-state index is 10.3. The number of phenols is 1. The first-order chi connectivity index (χ1) is 13.1. The van der Waals surface area contributed by atoms with E-state index in [0.29, 0.717) is 0 Å². The highest BCUT2D eigenvalue weighted by Gasteiger charge is 2.51. The summed E-state index contributed by atoms with van der Waals surface area (Å²) in [5, 5.41) is 17.5. The summed E-state index contributed by atoms with van der Waals surface area (Å²) in [6.07, 6.45) is 2.59. The fourth-order valence-corrected chi connectivity index (χ4v) is 4.81. The second kappa shape index (κ2) is 6.24. The molecule has 140 valence electrons. The Balaban J connectivity index is 1.61. The maximum atomic E-state index is 10.3. The van der Waals surface area contributed by atoms with E-state index in [2.05, 4.69) is 45.0 Å². The van der Waals surface area contributed by atoms with Gasteiger partial charge in [-0.3, -0.25) is 0 Å². The van der Waals surface area contributed by atoms with Crippen LogP contribution in [-0.4, -0.2) is 46.6 Å². The highest BCUT2D eigenvalue weighted by atomic mass is 79.9. The van der Waals surface area contributed by atoms with Crippen LogP contribution in [0, 0.1) is 0 Å². The van der Waals surface area contributed by atoms with E-state index >= 15 is 0 Å². The maximum Gasteiger partial charge on any atom is 0.200 e. The molecule has 0 aliphatic carbocycles. The molecule has 3 aliphatic heterocycles. The predicted octanol–water partition coefficient (Wildman–Crippen LogP) is 4.12. The van der Waals surface area contributed by atoms with Gasteiger partial charge in [0.15, 0.2) is 0 Å². The third-order valence-corrected chi connectivity index (χ3v) is 6.44. The molecule has 6 heteroatoms. The van der Waals surface area contributed by atoms with Crippen LogP contribution in [0.2, 0.25) is 0 Å². The van der Waals surface area contributed by atoms with E-state index < -0.39 is 5.72 Å². The number of ether oxygens (including phenoxy) is 1. The monoisotopic (exact) mass is 427 g/mol. The zero-order valence-corrected chi connectivity index (χ0v) is 16.8. The molecule has 1 fully saturated rings. The van der Waals surface area contributed by atoms with Crippen LogP contribution in [0.15, 0.2) is 52.0 Å². The second-order valence-electron chi connectivity index (χ2n) is 7.66. The van der Waals surface area contributed by atoms with Crippen molar-refractivity contribution in [2.75, 3.05) is 20.1 Å². The van der Waals surface area contributed by atoms with E-state index in [1.165, 1.54) is 0 Å². The Morgan fingerprint density at radius 3 is 2.74 bits per heavy atom. The van der Waals surface area contributed by atoms with Crippen molar-refractivity contribution in [2.45, 2.75) is 31.0 Å². The molecule has 0 unspecified atom stereocenters. The molecule has 5 rings (SSSR count). The van der Waals surface area contributed by atoms with Crippen LogP contribution >= 0.6 is 15.9 Å². The van der Waals surface area contributed by atoms with Gasteiger partial charge in [-0.1, -0.05) is 28.1 Å². The van der Waals surface area contributed by atoms with Gasteiger partial charge >= 0.3 is 0 Å². The van der Waals surface area contributed by atoms with Crippen molar-refractivity contribution in [3.63, 3.8) is 0 Å². The summed E-state index contributed by atoms with van der Waals surface area (Å²) < 4.78 is 7.64. The minimum atomic E-state index is -0.413. The Morgan fingerprint density at radius 2 is 1.96 bits per heavy atom. The smallest absolute Gasteiger partial charge is 0.200 e. The number of halogens is 1. The van der Waals surface area contributed by atoms with E-state index in [9.17, 15) is 5.11 Å². The lowest BCUT2D eigenvalue weighted by molar-refractivity contribution is -0.147. The number of piperidine rings is 1. The van der Waals surface area contributed by atoms with Crippen molar-refractivity contribution < 1.29 is 9.84 Å². The number of para-hydroxylation sites is 1. The van der Waals surface area contributed by atoms with E-state index in [0.717, 1.165) is 59.4 Å². The van der Waals surface area contributed by atoms with Crippen LogP contribution in [0.5, 0.6) is 11.5 Å². The molecular weight excluding hydrogens is 406 g/mol. The molecule has 2 aromatic rings. The van der Waals surface area contributed by atoms with E-state index in [1.807, 2.05) is 24.3 Å². The van der Waals surface area contributed by atoms with Crippen LogP contribution in [0.4, 0.5) is 0 Å². The van der Waals surface area contributed by atoms with Crippen molar-refractivity contribution in [1.29, 1.82) is 0 Å². The number of likely N-dealkylation sites (tertiary alicyclic amines) is 1. The summed E-state index contributed by atoms with van der Waals surface area (Å²) in [6, 6.07) is 13.8. The van der Waals surface area contributed by atoms with Crippen LogP contribution in [0.3, 0.4) is 0 Å². The van der Waals surface area contributed by atoms with Crippen molar-refractivity contribution in [3.05, 3.63) is 58.1 Å². The summed E-state index contributed by atoms with van der Waals surface area (Å²) in [6.45, 7) is 1.97. The molecule has 2 aromatic carbocycles. The fourth-order valence-electron chi connectivity index (χ4n) is 4.43. The van der Waals surface area contributed by atoms with Crippen molar-refractivity contribution >= 4 is 21.6 Å². The molecule has 5 nitrogen and oxygen atoms in total. The van der Waals surface area contributed by atoms with Gasteiger partial charge in [0.05, 0.1) is 11.8 Å². The Morgan fingerprint density at radius 1 is 1.19 bits per heavy atom. The first kappa shape index (κ1) is 17.1. The molecule has 0 bridgehead atoms. The number of hydrogen-bond donors (Lipinski definition) is 1. The molecule has 27 heavy (non-hydrogen) atoms. The molecule has 0 amide bonds. The van der Waals surface area contributed by atoms with Crippen molar-refractivity contribution in [1.82, 2.24) is 9.91 Å². The lowest BCUT2D eigenvalue weighted by atomic mass is 9.91. The third-order valence-electron chi connectivity index (χ3n) is 5.94. The van der Waals surface area contributed by atoms with Crippen LogP contribution in [-0.2, 0) is 0 Å². The molecule has 1 saturated heterocycles. The molecular formula is C21H22BrN3O2. The number of benzene rings is 2. The molecule has 1 atom stereocenters. The average Bonchev–Trinajstić information content (AvgIpc) is 3.12. The van der Waals surface area contributed by atoms with Gasteiger partial charge in [-0.05, 0) is 37.4 Å². The average molecular weight is 428 g/mol. The first-order valence-corrected chi connectivity index (χ1v) is 10.2. The van der Waals surface area contributed by atoms with E-state index in [-0.39, 0.29) is 11.8 Å². The van der Waals surface area contributed by atoms with Crippen molar-refractivity contribution in [2.24, 2.45) is 5.10 Å². The zero-order chi connectivity index (χ0) is 18.6. The number of nitrogens with zero attached hydrogens (tertiary/aromatic N) is 3. The lowest BCUT2D eigenvalue weighted by Crippen LogP contribution is -2.58. The van der Waals surface area contributed by atoms with Gasteiger partial charge in [-0.15, -0.1) is 0 Å². The van der Waals surface area contributed by atoms with Gasteiger partial charge in [0.25, 0.3) is 0 Å². The molecule has 0 radical (unpaired) electrons. The van der Waals surface area contributed by atoms with Gasteiger partial charge in [0, 0.05) is 48.0 Å². The van der Waals surface area contributed by atoms with Gasteiger partial charge in [0.2, 0.25) is 5.72 Å². The summed E-state index contributed by atoms with van der Waals surface area (Å²) in [4.78, 5) is 2.34. The largest absolute Gasteiger partial charge is 0.507 e. The van der Waals surface area contributed by atoms with E-state index in [4.69, 9.17) is 9.84 Å². The summed E-state index contributed by atoms with van der Waals surface area (Å²) in [5.74, 6) is 1.24. The topological polar surface area (TPSA) is 48.3 Å². The number of phenolic OH excluding ortho intramolecular Hbond substituents is 1. The highest BCUT2D eigenvalue weighted by molar-refractivity contribution is 9.10. The number of hydrazone groups is 1. The molecule has 0 aromatic heterocycles. The Hall–Kier alpha value is -2.05. The van der Waals surface area contributed by atoms with Gasteiger partial charge in [-0.25, -0.2) is 5.01 Å². The minimum absolute atomic E-state index is 0.129. The van der Waals surface area contributed by atoms with Crippen LogP contribution < -0.4 is 4.74 Å². The molecule has 1 N–H and O–H groups in total. The number of aromatic hydroxyl groups is 1. The van der Waals surface area contributed by atoms with Gasteiger partial charge in [0.1, 0.15) is 11.5 Å². The predicted molar refractivity (Wildman–Crippen MR) is 108 cm³/mol. The van der Waals surface area contributed by atoms with Gasteiger partial charge < -0.3 is 14.7 Å². The fraction of sp³-hybridized carbons (Fsp3) is 0.381. The van der Waals surface area contributed by atoms with Crippen LogP contribution in [0.1, 0.15) is 36.4 Å². The zero-order valence-electron chi connectivity index (χ0n) is 15.2. The van der Waals surface area contributed by atoms with Gasteiger partial charge in [-0.2, -0.15) is 5.10 Å². The summed E-state index contributed by atoms with van der Waals surface area (Å²) >= 11 is 3.60. The molecule has 1 spiro atoms. The molecule has 3 aliphatic rings. The Bertz CT molecular complexity index is 921. The van der Waals surface area contributed by atoms with Crippen molar-refractivity contribution in [3.8, 4) is 11.5 Å². The number of fused-ring (bicyclic) bond motifs is 4. The summed E-state index contributed by atoms with van der Waals surface area (Å²) in [7, 11) is 2.15. The summed E-state index contributed by atoms with van der Waals surface area (Å²) in [5.41, 5.74) is 2.48. The Labute approximate surface area is 167 Å². The highest BCUT2D eigenvalue weighted by Crippen LogP contribution is 2.50. The standard InChI is InChI=1S/C21H22BrN3O2/c1-24-10-8-21(9-11-24)25-18(16-12-14(22)6-7-20(16)27-21)13-17(23-25)15-4-2-3-5-19(15)26/h2-7,12,18,26H,8-11,13H2,1H3/t18-/m0/s1. The number of rotatable bonds is 1. The minimum Gasteiger partial charge on any atom is -0.507 e. The van der Waals surface area contributed by atoms with Crippen LogP contribution in [0.25, 0.3) is 0 Å².